The molecule has 0 N–H and O–H groups in total. The summed E-state index contributed by atoms with van der Waals surface area (Å²) < 4.78 is 5.58. The van der Waals surface area contributed by atoms with E-state index in [0.717, 1.165) is 13.0 Å². The highest BCUT2D eigenvalue weighted by Gasteiger charge is 2.54. The Balaban J connectivity index is 2.47. The van der Waals surface area contributed by atoms with Gasteiger partial charge in [0.25, 0.3) is 0 Å². The van der Waals surface area contributed by atoms with Crippen LogP contribution in [0.5, 0.6) is 0 Å². The third kappa shape index (κ3) is 1.74. The molecule has 0 bridgehead atoms. The van der Waals surface area contributed by atoms with Gasteiger partial charge in [-0.2, -0.15) is 0 Å². The van der Waals surface area contributed by atoms with E-state index in [2.05, 4.69) is 26.2 Å². The van der Waals surface area contributed by atoms with E-state index in [4.69, 9.17) is 4.74 Å². The van der Waals surface area contributed by atoms with Crippen molar-refractivity contribution < 1.29 is 4.74 Å². The van der Waals surface area contributed by atoms with Crippen LogP contribution in [0.2, 0.25) is 19.6 Å². The summed E-state index contributed by atoms with van der Waals surface area (Å²) in [5.41, 5.74) is 0. The van der Waals surface area contributed by atoms with Crippen molar-refractivity contribution in [2.24, 2.45) is 0 Å². The Kier molecular flexibility index (Phi) is 2.26. The van der Waals surface area contributed by atoms with E-state index in [1.165, 1.54) is 6.42 Å². The molecule has 0 aromatic rings. The van der Waals surface area contributed by atoms with Crippen LogP contribution in [0.1, 0.15) is 12.8 Å². The van der Waals surface area contributed by atoms with Crippen molar-refractivity contribution in [3.05, 3.63) is 12.7 Å². The molecule has 11 heavy (non-hydrogen) atoms. The van der Waals surface area contributed by atoms with Gasteiger partial charge in [0, 0.05) is 0 Å². The van der Waals surface area contributed by atoms with Crippen molar-refractivity contribution in [3.63, 3.8) is 0 Å². The molecule has 1 heterocycles. The molecule has 1 fully saturated rings. The minimum atomic E-state index is -1.08. The normalized spacial score (nSPS) is 30.1. The van der Waals surface area contributed by atoms with Crippen LogP contribution in [-0.4, -0.2) is 19.9 Å². The van der Waals surface area contributed by atoms with Crippen LogP contribution in [-0.2, 0) is 4.74 Å². The minimum Gasteiger partial charge on any atom is -0.373 e. The van der Waals surface area contributed by atoms with Gasteiger partial charge >= 0.3 is 0 Å². The number of rotatable bonds is 4. The van der Waals surface area contributed by atoms with Gasteiger partial charge in [0.05, 0.1) is 19.9 Å². The van der Waals surface area contributed by atoms with Crippen LogP contribution >= 0.6 is 0 Å². The molecule has 1 nitrogen and oxygen atoms in total. The van der Waals surface area contributed by atoms with Crippen molar-refractivity contribution in [2.45, 2.75) is 37.7 Å². The smallest absolute Gasteiger partial charge is 0.0854 e. The zero-order chi connectivity index (χ0) is 8.54. The Morgan fingerprint density at radius 3 is 2.36 bits per heavy atom. The minimum absolute atomic E-state index is 0.307. The lowest BCUT2D eigenvalue weighted by atomic mass is 10.2. The number of allylic oxidation sites excluding steroid dienone is 1. The Labute approximate surface area is 70.5 Å². The molecule has 0 aliphatic carbocycles. The summed E-state index contributed by atoms with van der Waals surface area (Å²) in [5, 5.41) is 0.307. The van der Waals surface area contributed by atoms with Crippen LogP contribution in [0.4, 0.5) is 0 Å². The predicted octanol–water partition coefficient (Wildman–Crippen LogP) is 2.60. The van der Waals surface area contributed by atoms with Crippen molar-refractivity contribution in [3.8, 4) is 0 Å². The molecule has 1 atom stereocenters. The maximum Gasteiger partial charge on any atom is 0.0854 e. The molecule has 0 radical (unpaired) electrons. The molecule has 2 heteroatoms. The molecule has 1 aliphatic rings. The maximum atomic E-state index is 5.58. The lowest BCUT2D eigenvalue weighted by molar-refractivity contribution is 0.356. The van der Waals surface area contributed by atoms with Gasteiger partial charge in [-0.1, -0.05) is 25.7 Å². The van der Waals surface area contributed by atoms with Gasteiger partial charge in [-0.3, -0.25) is 0 Å². The quantitative estimate of drug-likeness (QED) is 0.359. The highest BCUT2D eigenvalue weighted by Crippen LogP contribution is 2.41. The van der Waals surface area contributed by atoms with E-state index in [0.29, 0.717) is 5.22 Å². The first-order valence-corrected chi connectivity index (χ1v) is 7.77. The Morgan fingerprint density at radius 2 is 2.09 bits per heavy atom. The highest BCUT2D eigenvalue weighted by molar-refractivity contribution is 6.79. The molecule has 1 rings (SSSR count). The first-order valence-electron chi connectivity index (χ1n) is 4.27. The van der Waals surface area contributed by atoms with Gasteiger partial charge in [0.15, 0.2) is 0 Å². The molecule has 1 aliphatic heterocycles. The number of epoxide rings is 1. The summed E-state index contributed by atoms with van der Waals surface area (Å²) in [5.74, 6) is 0. The monoisotopic (exact) mass is 170 g/mol. The fraction of sp³-hybridized carbons (Fsp3) is 0.778. The first-order chi connectivity index (χ1) is 5.02. The second kappa shape index (κ2) is 2.76. The molecule has 0 amide bonds. The average molecular weight is 170 g/mol. The van der Waals surface area contributed by atoms with E-state index in [9.17, 15) is 0 Å². The van der Waals surface area contributed by atoms with Gasteiger partial charge in [0.1, 0.15) is 0 Å². The molecular weight excluding hydrogens is 152 g/mol. The third-order valence-corrected chi connectivity index (χ3v) is 5.88. The lowest BCUT2D eigenvalue weighted by Gasteiger charge is -2.24. The van der Waals surface area contributed by atoms with Crippen LogP contribution in [0.3, 0.4) is 0 Å². The summed E-state index contributed by atoms with van der Waals surface area (Å²) in [4.78, 5) is 0. The summed E-state index contributed by atoms with van der Waals surface area (Å²) in [6.07, 6.45) is 4.28. The number of ether oxygens (including phenoxy) is 1. The van der Waals surface area contributed by atoms with Crippen molar-refractivity contribution in [1.29, 1.82) is 0 Å². The van der Waals surface area contributed by atoms with Gasteiger partial charge in [0.2, 0.25) is 0 Å². The lowest BCUT2D eigenvalue weighted by Crippen LogP contribution is -2.41. The van der Waals surface area contributed by atoms with Gasteiger partial charge in [-0.05, 0) is 12.8 Å². The number of hydrogen-bond donors (Lipinski definition) is 0. The zero-order valence-electron chi connectivity index (χ0n) is 7.81. The van der Waals surface area contributed by atoms with Crippen molar-refractivity contribution in [2.75, 3.05) is 6.61 Å². The molecule has 0 saturated carbocycles. The van der Waals surface area contributed by atoms with Crippen LogP contribution in [0.25, 0.3) is 0 Å². The van der Waals surface area contributed by atoms with Crippen LogP contribution in [0, 0.1) is 0 Å². The second-order valence-electron chi connectivity index (χ2n) is 4.36. The Hall–Kier alpha value is -0.0831. The number of hydrogen-bond acceptors (Lipinski definition) is 1. The molecule has 0 aromatic heterocycles. The molecule has 1 unspecified atom stereocenters. The standard InChI is InChI=1S/C9H18OSi/c1-5-6-7-9(8-10-9)11(2,3)4/h5H,1,6-8H2,2-4H3. The Morgan fingerprint density at radius 1 is 1.55 bits per heavy atom. The molecule has 1 saturated heterocycles. The van der Waals surface area contributed by atoms with E-state index >= 15 is 0 Å². The zero-order valence-corrected chi connectivity index (χ0v) is 8.81. The largest absolute Gasteiger partial charge is 0.373 e. The molecular formula is C9H18OSi. The van der Waals surface area contributed by atoms with Crippen LogP contribution < -0.4 is 0 Å². The Bertz CT molecular complexity index is 153. The average Bonchev–Trinajstić information content (AvgIpc) is 2.61. The molecule has 0 spiro atoms. The molecule has 0 aromatic carbocycles. The summed E-state index contributed by atoms with van der Waals surface area (Å²) >= 11 is 0. The maximum absolute atomic E-state index is 5.58. The van der Waals surface area contributed by atoms with Gasteiger partial charge in [-0.25, -0.2) is 0 Å². The summed E-state index contributed by atoms with van der Waals surface area (Å²) in [7, 11) is -1.08. The first kappa shape index (κ1) is 9.01. The van der Waals surface area contributed by atoms with E-state index in [1.807, 2.05) is 6.08 Å². The summed E-state index contributed by atoms with van der Waals surface area (Å²) in [6, 6.07) is 0. The van der Waals surface area contributed by atoms with E-state index in [-0.39, 0.29) is 0 Å². The van der Waals surface area contributed by atoms with E-state index < -0.39 is 8.07 Å². The van der Waals surface area contributed by atoms with Crippen molar-refractivity contribution in [1.82, 2.24) is 0 Å². The molecule has 64 valence electrons. The van der Waals surface area contributed by atoms with Gasteiger partial charge < -0.3 is 4.74 Å². The SMILES string of the molecule is C=CCCC1([Si](C)(C)C)CO1. The fourth-order valence-electron chi connectivity index (χ4n) is 1.37. The van der Waals surface area contributed by atoms with Crippen molar-refractivity contribution >= 4 is 8.07 Å². The van der Waals surface area contributed by atoms with Gasteiger partial charge in [-0.15, -0.1) is 6.58 Å². The van der Waals surface area contributed by atoms with E-state index in [1.54, 1.807) is 0 Å². The highest BCUT2D eigenvalue weighted by atomic mass is 28.3. The fourth-order valence-corrected chi connectivity index (χ4v) is 3.21. The topological polar surface area (TPSA) is 12.5 Å². The summed E-state index contributed by atoms with van der Waals surface area (Å²) in [6.45, 7) is 11.9. The predicted molar refractivity (Wildman–Crippen MR) is 51.5 cm³/mol. The second-order valence-corrected chi connectivity index (χ2v) is 9.77. The third-order valence-electron chi connectivity index (χ3n) is 2.61. The van der Waals surface area contributed by atoms with Crippen LogP contribution in [0.15, 0.2) is 12.7 Å².